The van der Waals surface area contributed by atoms with E-state index in [0.717, 1.165) is 38.5 Å². The standard InChI is InChI=1S/C23H32N2O4/c1-28-23(29-2)20-10-6-12-25(20)22(27)19-9-5-11-24(19)21(26)15-16-13-17-7-3-4-8-18(17)14-16/h3-4,7-8,16,19-20,23H,5-6,9-15H2,1-2H3/t19-,20?/m0/s1. The number of methoxy groups -OCH3 is 2. The van der Waals surface area contributed by atoms with Crippen molar-refractivity contribution in [2.24, 2.45) is 5.92 Å². The molecule has 158 valence electrons. The van der Waals surface area contributed by atoms with Crippen LogP contribution in [0.4, 0.5) is 0 Å². The molecule has 0 aromatic heterocycles. The quantitative estimate of drug-likeness (QED) is 0.688. The van der Waals surface area contributed by atoms with Gasteiger partial charge in [0.05, 0.1) is 6.04 Å². The van der Waals surface area contributed by atoms with Gasteiger partial charge in [-0.25, -0.2) is 0 Å². The van der Waals surface area contributed by atoms with Gasteiger partial charge in [-0.2, -0.15) is 0 Å². The van der Waals surface area contributed by atoms with Crippen molar-refractivity contribution in [3.63, 3.8) is 0 Å². The number of amides is 2. The number of hydrogen-bond acceptors (Lipinski definition) is 4. The van der Waals surface area contributed by atoms with Crippen LogP contribution in [-0.4, -0.2) is 67.3 Å². The third kappa shape index (κ3) is 4.05. The van der Waals surface area contributed by atoms with Crippen molar-refractivity contribution >= 4 is 11.8 Å². The van der Waals surface area contributed by atoms with E-state index >= 15 is 0 Å². The van der Waals surface area contributed by atoms with Crippen LogP contribution in [0.15, 0.2) is 24.3 Å². The van der Waals surface area contributed by atoms with E-state index in [1.54, 1.807) is 14.2 Å². The topological polar surface area (TPSA) is 59.1 Å². The van der Waals surface area contributed by atoms with E-state index in [0.29, 0.717) is 25.4 Å². The SMILES string of the molecule is COC(OC)C1CCCN1C(=O)[C@@H]1CCCN1C(=O)CC1Cc2ccccc2C1. The molecule has 2 saturated heterocycles. The first-order valence-electron chi connectivity index (χ1n) is 10.8. The Balaban J connectivity index is 1.39. The molecule has 29 heavy (non-hydrogen) atoms. The van der Waals surface area contributed by atoms with Crippen LogP contribution < -0.4 is 0 Å². The van der Waals surface area contributed by atoms with Crippen LogP contribution in [0.25, 0.3) is 0 Å². The fourth-order valence-corrected chi connectivity index (χ4v) is 5.43. The Morgan fingerprint density at radius 3 is 2.28 bits per heavy atom. The summed E-state index contributed by atoms with van der Waals surface area (Å²) in [4.78, 5) is 30.2. The first-order valence-corrected chi connectivity index (χ1v) is 10.8. The van der Waals surface area contributed by atoms with E-state index in [9.17, 15) is 9.59 Å². The highest BCUT2D eigenvalue weighted by atomic mass is 16.7. The molecule has 2 atom stereocenters. The number of likely N-dealkylation sites (tertiary alicyclic amines) is 2. The van der Waals surface area contributed by atoms with Crippen LogP contribution in [-0.2, 0) is 31.9 Å². The molecule has 0 saturated carbocycles. The Hall–Kier alpha value is -1.92. The molecule has 6 nitrogen and oxygen atoms in total. The molecule has 6 heteroatoms. The fourth-order valence-electron chi connectivity index (χ4n) is 5.43. The molecule has 4 rings (SSSR count). The molecule has 1 aliphatic carbocycles. The second-order valence-electron chi connectivity index (χ2n) is 8.57. The number of benzene rings is 1. The van der Waals surface area contributed by atoms with Crippen molar-refractivity contribution in [1.82, 2.24) is 9.80 Å². The van der Waals surface area contributed by atoms with Gasteiger partial charge in [-0.15, -0.1) is 0 Å². The van der Waals surface area contributed by atoms with Crippen LogP contribution in [0.3, 0.4) is 0 Å². The van der Waals surface area contributed by atoms with Crippen LogP contribution in [0, 0.1) is 5.92 Å². The summed E-state index contributed by atoms with van der Waals surface area (Å²) in [5.41, 5.74) is 2.73. The fraction of sp³-hybridized carbons (Fsp3) is 0.652. The number of hydrogen-bond donors (Lipinski definition) is 0. The summed E-state index contributed by atoms with van der Waals surface area (Å²) in [5.74, 6) is 0.541. The minimum Gasteiger partial charge on any atom is -0.354 e. The second kappa shape index (κ2) is 8.84. The van der Waals surface area contributed by atoms with Gasteiger partial charge in [0, 0.05) is 33.7 Å². The lowest BCUT2D eigenvalue weighted by atomic mass is 10.0. The maximum absolute atomic E-state index is 13.3. The van der Waals surface area contributed by atoms with Gasteiger partial charge in [0.1, 0.15) is 6.04 Å². The Morgan fingerprint density at radius 1 is 1.00 bits per heavy atom. The molecule has 1 unspecified atom stereocenters. The van der Waals surface area contributed by atoms with Gasteiger partial charge in [0.25, 0.3) is 0 Å². The van der Waals surface area contributed by atoms with Crippen LogP contribution in [0.2, 0.25) is 0 Å². The predicted octanol–water partition coefficient (Wildman–Crippen LogP) is 2.39. The summed E-state index contributed by atoms with van der Waals surface area (Å²) in [6, 6.07) is 8.06. The van der Waals surface area contributed by atoms with E-state index in [1.807, 2.05) is 9.80 Å². The normalized spacial score (nSPS) is 24.5. The van der Waals surface area contributed by atoms with Gasteiger partial charge in [0.15, 0.2) is 6.29 Å². The van der Waals surface area contributed by atoms with E-state index in [1.165, 1.54) is 11.1 Å². The average Bonchev–Trinajstić information content (AvgIpc) is 3.47. The van der Waals surface area contributed by atoms with Gasteiger partial charge in [-0.1, -0.05) is 24.3 Å². The summed E-state index contributed by atoms with van der Waals surface area (Å²) in [5, 5.41) is 0. The molecule has 2 aliphatic heterocycles. The Morgan fingerprint density at radius 2 is 1.62 bits per heavy atom. The lowest BCUT2D eigenvalue weighted by Gasteiger charge is -2.34. The molecule has 3 aliphatic rings. The van der Waals surface area contributed by atoms with Gasteiger partial charge < -0.3 is 19.3 Å². The highest BCUT2D eigenvalue weighted by molar-refractivity contribution is 5.88. The largest absolute Gasteiger partial charge is 0.354 e. The molecule has 0 radical (unpaired) electrons. The van der Waals surface area contributed by atoms with Crippen LogP contribution >= 0.6 is 0 Å². The zero-order valence-electron chi connectivity index (χ0n) is 17.5. The molecule has 1 aromatic carbocycles. The maximum Gasteiger partial charge on any atom is 0.245 e. The van der Waals surface area contributed by atoms with Gasteiger partial charge >= 0.3 is 0 Å². The molecule has 1 aromatic rings. The number of nitrogens with zero attached hydrogens (tertiary/aromatic N) is 2. The van der Waals surface area contributed by atoms with Gasteiger partial charge in [-0.3, -0.25) is 9.59 Å². The van der Waals surface area contributed by atoms with Gasteiger partial charge in [0.2, 0.25) is 11.8 Å². The summed E-state index contributed by atoms with van der Waals surface area (Å²) < 4.78 is 10.8. The first kappa shape index (κ1) is 20.4. The van der Waals surface area contributed by atoms with Crippen LogP contribution in [0.5, 0.6) is 0 Å². The lowest BCUT2D eigenvalue weighted by Crippen LogP contribution is -2.52. The molecule has 2 amide bonds. The van der Waals surface area contributed by atoms with Crippen molar-refractivity contribution in [1.29, 1.82) is 0 Å². The zero-order chi connectivity index (χ0) is 20.4. The number of carbonyl (C=O) groups is 2. The first-order chi connectivity index (χ1) is 14.1. The van der Waals surface area contributed by atoms with Crippen molar-refractivity contribution < 1.29 is 19.1 Å². The molecular formula is C23H32N2O4. The van der Waals surface area contributed by atoms with E-state index in [-0.39, 0.29) is 23.9 Å². The third-order valence-electron chi connectivity index (χ3n) is 6.82. The second-order valence-corrected chi connectivity index (χ2v) is 8.57. The molecule has 2 fully saturated rings. The van der Waals surface area contributed by atoms with E-state index < -0.39 is 6.29 Å². The van der Waals surface area contributed by atoms with Crippen molar-refractivity contribution in [3.8, 4) is 0 Å². The number of carbonyl (C=O) groups excluding carboxylic acids is 2. The molecule has 0 N–H and O–H groups in total. The molecular weight excluding hydrogens is 368 g/mol. The van der Waals surface area contributed by atoms with Crippen LogP contribution in [0.1, 0.15) is 43.2 Å². The number of ether oxygens (including phenoxy) is 2. The Labute approximate surface area is 173 Å². The highest BCUT2D eigenvalue weighted by Gasteiger charge is 2.42. The van der Waals surface area contributed by atoms with Gasteiger partial charge in [-0.05, 0) is 55.6 Å². The summed E-state index contributed by atoms with van der Waals surface area (Å²) in [7, 11) is 3.22. The molecule has 0 bridgehead atoms. The number of fused-ring (bicyclic) bond motifs is 1. The number of rotatable bonds is 6. The minimum absolute atomic E-state index is 0.0622. The monoisotopic (exact) mass is 400 g/mol. The zero-order valence-corrected chi connectivity index (χ0v) is 17.5. The van der Waals surface area contributed by atoms with E-state index in [2.05, 4.69) is 24.3 Å². The Bertz CT molecular complexity index is 723. The highest BCUT2D eigenvalue weighted by Crippen LogP contribution is 2.31. The van der Waals surface area contributed by atoms with Crippen molar-refractivity contribution in [2.75, 3.05) is 27.3 Å². The summed E-state index contributed by atoms with van der Waals surface area (Å²) in [6.45, 7) is 1.40. The summed E-state index contributed by atoms with van der Waals surface area (Å²) >= 11 is 0. The average molecular weight is 401 g/mol. The van der Waals surface area contributed by atoms with Crippen molar-refractivity contribution in [3.05, 3.63) is 35.4 Å². The Kier molecular flexibility index (Phi) is 6.20. The lowest BCUT2D eigenvalue weighted by molar-refractivity contribution is -0.161. The van der Waals surface area contributed by atoms with Crippen molar-refractivity contribution in [2.45, 2.75) is 63.3 Å². The third-order valence-corrected chi connectivity index (χ3v) is 6.82. The molecule has 2 heterocycles. The minimum atomic E-state index is -0.413. The van der Waals surface area contributed by atoms with E-state index in [4.69, 9.17) is 9.47 Å². The molecule has 0 spiro atoms. The predicted molar refractivity (Wildman–Crippen MR) is 109 cm³/mol. The maximum atomic E-state index is 13.3. The smallest absolute Gasteiger partial charge is 0.245 e. The summed E-state index contributed by atoms with van der Waals surface area (Å²) in [6.07, 6.45) is 5.51.